The molecule has 0 saturated heterocycles. The van der Waals surface area contributed by atoms with Gasteiger partial charge in [0.1, 0.15) is 17.3 Å². The second kappa shape index (κ2) is 5.08. The average Bonchev–Trinajstić information content (AvgIpc) is 2.92. The van der Waals surface area contributed by atoms with Gasteiger partial charge in [-0.2, -0.15) is 0 Å². The molecule has 4 rings (SSSR count). The summed E-state index contributed by atoms with van der Waals surface area (Å²) in [4.78, 5) is 4.58. The molecule has 23 heavy (non-hydrogen) atoms. The number of phenols is 1. The summed E-state index contributed by atoms with van der Waals surface area (Å²) in [6.45, 7) is 4.79. The fourth-order valence-electron chi connectivity index (χ4n) is 2.90. The Kier molecular flexibility index (Phi) is 3.04. The van der Waals surface area contributed by atoms with Gasteiger partial charge in [0, 0.05) is 24.2 Å². The van der Waals surface area contributed by atoms with Crippen molar-refractivity contribution in [1.29, 1.82) is 0 Å². The van der Waals surface area contributed by atoms with Crippen molar-refractivity contribution >= 4 is 5.69 Å². The number of aryl methyl sites for hydroxylation is 1. The van der Waals surface area contributed by atoms with E-state index in [4.69, 9.17) is 0 Å². The van der Waals surface area contributed by atoms with Gasteiger partial charge >= 0.3 is 0 Å². The Hall–Kier alpha value is -2.89. The first-order chi connectivity index (χ1) is 11.1. The van der Waals surface area contributed by atoms with Crippen LogP contribution < -0.4 is 5.32 Å². The summed E-state index contributed by atoms with van der Waals surface area (Å²) < 4.78 is 2.03. The van der Waals surface area contributed by atoms with Crippen molar-refractivity contribution in [2.24, 2.45) is 0 Å². The van der Waals surface area contributed by atoms with E-state index in [1.807, 2.05) is 35.8 Å². The lowest BCUT2D eigenvalue weighted by atomic mass is 10.1. The van der Waals surface area contributed by atoms with Gasteiger partial charge in [-0.15, -0.1) is 10.2 Å². The molecule has 0 bridgehead atoms. The standard InChI is InChI=1S/C17H17N5O/c1-10-9-18-14-8-12(23)6-7-15(14)22-16(10)20-21-17(22)13-5-3-4-11(2)19-13/h3-8,10,18,23H,9H2,1-2H3. The molecule has 3 aromatic rings. The first kappa shape index (κ1) is 13.8. The number of nitrogens with one attached hydrogen (secondary N) is 1. The smallest absolute Gasteiger partial charge is 0.187 e. The van der Waals surface area contributed by atoms with Crippen LogP contribution in [0, 0.1) is 6.92 Å². The number of pyridine rings is 1. The van der Waals surface area contributed by atoms with Gasteiger partial charge in [0.25, 0.3) is 0 Å². The van der Waals surface area contributed by atoms with E-state index in [9.17, 15) is 5.11 Å². The third-order valence-corrected chi connectivity index (χ3v) is 4.07. The molecule has 6 heteroatoms. The van der Waals surface area contributed by atoms with Crippen LogP contribution >= 0.6 is 0 Å². The zero-order valence-electron chi connectivity index (χ0n) is 13.0. The normalized spacial score (nSPS) is 16.2. The number of hydrogen-bond donors (Lipinski definition) is 2. The summed E-state index contributed by atoms with van der Waals surface area (Å²) in [7, 11) is 0. The maximum Gasteiger partial charge on any atom is 0.187 e. The number of rotatable bonds is 1. The van der Waals surface area contributed by atoms with Crippen LogP contribution in [0.5, 0.6) is 5.75 Å². The topological polar surface area (TPSA) is 75.9 Å². The largest absolute Gasteiger partial charge is 0.508 e. The Balaban J connectivity index is 1.99. The molecule has 6 nitrogen and oxygen atoms in total. The van der Waals surface area contributed by atoms with Crippen molar-refractivity contribution in [3.63, 3.8) is 0 Å². The summed E-state index contributed by atoms with van der Waals surface area (Å²) in [6, 6.07) is 11.1. The molecule has 1 aliphatic rings. The number of aromatic nitrogens is 4. The monoisotopic (exact) mass is 307 g/mol. The van der Waals surface area contributed by atoms with Crippen LogP contribution in [-0.4, -0.2) is 31.4 Å². The second-order valence-electron chi connectivity index (χ2n) is 5.86. The predicted octanol–water partition coefficient (Wildman–Crippen LogP) is 2.87. The molecule has 2 aromatic heterocycles. The number of aromatic hydroxyl groups is 1. The average molecular weight is 307 g/mol. The number of phenolic OH excluding ortho intramolecular Hbond substituents is 1. The molecule has 1 aromatic carbocycles. The first-order valence-corrected chi connectivity index (χ1v) is 7.60. The summed E-state index contributed by atoms with van der Waals surface area (Å²) in [5.41, 5.74) is 3.51. The van der Waals surface area contributed by atoms with E-state index in [0.29, 0.717) is 5.82 Å². The molecule has 0 amide bonds. The zero-order valence-corrected chi connectivity index (χ0v) is 13.0. The van der Waals surface area contributed by atoms with Crippen molar-refractivity contribution in [2.45, 2.75) is 19.8 Å². The van der Waals surface area contributed by atoms with Crippen molar-refractivity contribution in [2.75, 3.05) is 11.9 Å². The maximum absolute atomic E-state index is 9.77. The highest BCUT2D eigenvalue weighted by molar-refractivity contribution is 5.68. The van der Waals surface area contributed by atoms with Crippen LogP contribution in [0.25, 0.3) is 17.2 Å². The van der Waals surface area contributed by atoms with Gasteiger partial charge in [0.2, 0.25) is 0 Å². The van der Waals surface area contributed by atoms with Crippen molar-refractivity contribution in [3.05, 3.63) is 47.9 Å². The van der Waals surface area contributed by atoms with E-state index in [-0.39, 0.29) is 11.7 Å². The van der Waals surface area contributed by atoms with Crippen LogP contribution in [0.15, 0.2) is 36.4 Å². The molecule has 0 radical (unpaired) electrons. The summed E-state index contributed by atoms with van der Waals surface area (Å²) >= 11 is 0. The Bertz CT molecular complexity index is 886. The van der Waals surface area contributed by atoms with Crippen LogP contribution in [0.4, 0.5) is 5.69 Å². The SMILES string of the molecule is Cc1cccc(-c2nnc3n2-c2ccc(O)cc2NCC3C)n1. The van der Waals surface area contributed by atoms with Crippen LogP contribution in [-0.2, 0) is 0 Å². The van der Waals surface area contributed by atoms with E-state index in [0.717, 1.165) is 35.1 Å². The molecule has 116 valence electrons. The highest BCUT2D eigenvalue weighted by Crippen LogP contribution is 2.34. The number of benzene rings is 1. The van der Waals surface area contributed by atoms with Crippen LogP contribution in [0.3, 0.4) is 0 Å². The predicted molar refractivity (Wildman–Crippen MR) is 87.9 cm³/mol. The molecule has 3 heterocycles. The summed E-state index contributed by atoms with van der Waals surface area (Å²) in [6.07, 6.45) is 0. The minimum absolute atomic E-state index is 0.190. The third-order valence-electron chi connectivity index (χ3n) is 4.07. The minimum Gasteiger partial charge on any atom is -0.508 e. The Labute approximate surface area is 133 Å². The molecular weight excluding hydrogens is 290 g/mol. The molecule has 0 fully saturated rings. The Morgan fingerprint density at radius 2 is 2.09 bits per heavy atom. The summed E-state index contributed by atoms with van der Waals surface area (Å²) in [5, 5.41) is 21.9. The number of nitrogens with zero attached hydrogens (tertiary/aromatic N) is 4. The van der Waals surface area contributed by atoms with Gasteiger partial charge in [0.15, 0.2) is 5.82 Å². The van der Waals surface area contributed by atoms with E-state index < -0.39 is 0 Å². The molecule has 0 spiro atoms. The lowest BCUT2D eigenvalue weighted by molar-refractivity contribution is 0.475. The van der Waals surface area contributed by atoms with Gasteiger partial charge in [0.05, 0.1) is 11.4 Å². The molecule has 1 aliphatic heterocycles. The highest BCUT2D eigenvalue weighted by Gasteiger charge is 2.25. The van der Waals surface area contributed by atoms with E-state index >= 15 is 0 Å². The molecule has 1 atom stereocenters. The Morgan fingerprint density at radius 1 is 1.22 bits per heavy atom. The number of fused-ring (bicyclic) bond motifs is 3. The lowest BCUT2D eigenvalue weighted by Crippen LogP contribution is -2.09. The fraction of sp³-hybridized carbons (Fsp3) is 0.235. The van der Waals surface area contributed by atoms with Gasteiger partial charge in [-0.3, -0.25) is 4.57 Å². The zero-order chi connectivity index (χ0) is 16.0. The van der Waals surface area contributed by atoms with E-state index in [2.05, 4.69) is 27.4 Å². The lowest BCUT2D eigenvalue weighted by Gasteiger charge is -2.12. The van der Waals surface area contributed by atoms with Gasteiger partial charge in [-0.05, 0) is 31.2 Å². The van der Waals surface area contributed by atoms with Gasteiger partial charge in [-0.1, -0.05) is 13.0 Å². The number of hydrogen-bond acceptors (Lipinski definition) is 5. The molecule has 0 aliphatic carbocycles. The van der Waals surface area contributed by atoms with E-state index in [1.54, 1.807) is 12.1 Å². The van der Waals surface area contributed by atoms with Crippen molar-refractivity contribution in [1.82, 2.24) is 19.7 Å². The molecule has 2 N–H and O–H groups in total. The highest BCUT2D eigenvalue weighted by atomic mass is 16.3. The molecule has 1 unspecified atom stereocenters. The second-order valence-corrected chi connectivity index (χ2v) is 5.86. The van der Waals surface area contributed by atoms with Gasteiger partial charge < -0.3 is 10.4 Å². The number of anilines is 1. The molecular formula is C17H17N5O. The van der Waals surface area contributed by atoms with Gasteiger partial charge in [-0.25, -0.2) is 4.98 Å². The van der Waals surface area contributed by atoms with Crippen molar-refractivity contribution in [3.8, 4) is 23.0 Å². The quantitative estimate of drug-likeness (QED) is 0.723. The van der Waals surface area contributed by atoms with E-state index in [1.165, 1.54) is 0 Å². The van der Waals surface area contributed by atoms with Crippen LogP contribution in [0.2, 0.25) is 0 Å². The Morgan fingerprint density at radius 3 is 2.91 bits per heavy atom. The maximum atomic E-state index is 9.77. The minimum atomic E-state index is 0.190. The summed E-state index contributed by atoms with van der Waals surface area (Å²) in [5.74, 6) is 2.03. The fourth-order valence-corrected chi connectivity index (χ4v) is 2.90. The van der Waals surface area contributed by atoms with Crippen molar-refractivity contribution < 1.29 is 5.11 Å². The molecule has 0 saturated carbocycles. The van der Waals surface area contributed by atoms with Crippen LogP contribution in [0.1, 0.15) is 24.4 Å². The first-order valence-electron chi connectivity index (χ1n) is 7.60. The third kappa shape index (κ3) is 2.23.